The lowest BCUT2D eigenvalue weighted by Crippen LogP contribution is -2.20. The summed E-state index contributed by atoms with van der Waals surface area (Å²) in [5, 5.41) is 12.4. The van der Waals surface area contributed by atoms with Crippen LogP contribution in [0.3, 0.4) is 0 Å². The smallest absolute Gasteiger partial charge is 0.0931 e. The summed E-state index contributed by atoms with van der Waals surface area (Å²) < 4.78 is 0. The molecule has 0 saturated heterocycles. The summed E-state index contributed by atoms with van der Waals surface area (Å²) in [5.74, 6) is 0.235. The van der Waals surface area contributed by atoms with Crippen LogP contribution in [-0.2, 0) is 0 Å². The molecule has 1 aromatic heterocycles. The molecule has 0 fully saturated rings. The highest BCUT2D eigenvalue weighted by Gasteiger charge is 2.02. The number of alkyl halides is 1. The van der Waals surface area contributed by atoms with Gasteiger partial charge >= 0.3 is 0 Å². The van der Waals surface area contributed by atoms with Crippen LogP contribution in [0.5, 0.6) is 0 Å². The monoisotopic (exact) mass is 225 g/mol. The van der Waals surface area contributed by atoms with E-state index < -0.39 is 6.10 Å². The van der Waals surface area contributed by atoms with E-state index in [-0.39, 0.29) is 5.88 Å². The first-order valence-electron chi connectivity index (χ1n) is 4.70. The second-order valence-corrected chi connectivity index (χ2v) is 3.63. The predicted octanol–water partition coefficient (Wildman–Crippen LogP) is 1.57. The molecule has 1 atom stereocenters. The molecule has 2 rings (SSSR count). The molecule has 0 saturated carbocycles. The van der Waals surface area contributed by atoms with Gasteiger partial charge in [-0.15, -0.1) is 11.6 Å². The summed E-state index contributed by atoms with van der Waals surface area (Å²) in [5.41, 5.74) is 2.84. The second-order valence-electron chi connectivity index (χ2n) is 3.32. The number of H-pyrrole nitrogens is 1. The average Bonchev–Trinajstić information content (AvgIpc) is 2.72. The van der Waals surface area contributed by atoms with Crippen molar-refractivity contribution in [1.29, 1.82) is 0 Å². The van der Waals surface area contributed by atoms with Crippen LogP contribution >= 0.6 is 11.6 Å². The lowest BCUT2D eigenvalue weighted by atomic mass is 10.2. The molecule has 1 aromatic carbocycles. The molecule has 3 N–H and O–H groups in total. The van der Waals surface area contributed by atoms with Crippen LogP contribution in [0.15, 0.2) is 24.5 Å². The van der Waals surface area contributed by atoms with Crippen molar-refractivity contribution in [1.82, 2.24) is 9.97 Å². The highest BCUT2D eigenvalue weighted by Crippen LogP contribution is 2.15. The Bertz CT molecular complexity index is 443. The molecule has 1 heterocycles. The number of nitrogens with one attached hydrogen (secondary N) is 2. The molecule has 5 heteroatoms. The van der Waals surface area contributed by atoms with E-state index in [4.69, 9.17) is 11.6 Å². The fraction of sp³-hybridized carbons (Fsp3) is 0.300. The van der Waals surface area contributed by atoms with Crippen LogP contribution < -0.4 is 5.32 Å². The van der Waals surface area contributed by atoms with Gasteiger partial charge in [-0.25, -0.2) is 4.98 Å². The minimum Gasteiger partial charge on any atom is -0.390 e. The van der Waals surface area contributed by atoms with Crippen LogP contribution in [0.1, 0.15) is 0 Å². The molecule has 15 heavy (non-hydrogen) atoms. The molecular formula is C10H12ClN3O. The quantitative estimate of drug-likeness (QED) is 0.693. The lowest BCUT2D eigenvalue weighted by molar-refractivity contribution is 0.211. The maximum absolute atomic E-state index is 9.28. The largest absolute Gasteiger partial charge is 0.390 e. The fourth-order valence-corrected chi connectivity index (χ4v) is 1.44. The van der Waals surface area contributed by atoms with E-state index in [1.54, 1.807) is 6.33 Å². The first-order chi connectivity index (χ1) is 7.29. The van der Waals surface area contributed by atoms with E-state index in [9.17, 15) is 5.11 Å². The van der Waals surface area contributed by atoms with Crippen molar-refractivity contribution in [2.24, 2.45) is 0 Å². The zero-order chi connectivity index (χ0) is 10.7. The number of aliphatic hydroxyl groups is 1. The van der Waals surface area contributed by atoms with E-state index in [2.05, 4.69) is 15.3 Å². The number of aliphatic hydroxyl groups excluding tert-OH is 1. The Balaban J connectivity index is 2.08. The number of aromatic amines is 1. The molecule has 0 spiro atoms. The molecule has 0 aliphatic heterocycles. The average molecular weight is 226 g/mol. The molecule has 0 aliphatic carbocycles. The van der Waals surface area contributed by atoms with Gasteiger partial charge in [0.25, 0.3) is 0 Å². The number of anilines is 1. The van der Waals surface area contributed by atoms with E-state index >= 15 is 0 Å². The first-order valence-corrected chi connectivity index (χ1v) is 5.24. The zero-order valence-electron chi connectivity index (χ0n) is 8.07. The molecule has 1 unspecified atom stereocenters. The number of rotatable bonds is 4. The first kappa shape index (κ1) is 10.3. The minimum absolute atomic E-state index is 0.235. The molecule has 4 nitrogen and oxygen atoms in total. The number of hydrogen-bond acceptors (Lipinski definition) is 3. The normalized spacial score (nSPS) is 12.9. The molecule has 0 radical (unpaired) electrons. The topological polar surface area (TPSA) is 60.9 Å². The van der Waals surface area contributed by atoms with Crippen molar-refractivity contribution < 1.29 is 5.11 Å². The Morgan fingerprint density at radius 2 is 2.40 bits per heavy atom. The van der Waals surface area contributed by atoms with Crippen LogP contribution in [0.25, 0.3) is 11.0 Å². The summed E-state index contributed by atoms with van der Waals surface area (Å²) in [6.45, 7) is 0.448. The van der Waals surface area contributed by atoms with Crippen molar-refractivity contribution in [2.75, 3.05) is 17.7 Å². The molecule has 0 aliphatic rings. The predicted molar refractivity (Wildman–Crippen MR) is 61.3 cm³/mol. The standard InChI is InChI=1S/C10H12ClN3O/c11-4-8(15)5-12-7-1-2-9-10(3-7)14-6-13-9/h1-3,6,8,12,15H,4-5H2,(H,13,14). The third-order valence-electron chi connectivity index (χ3n) is 2.14. The molecule has 2 aromatic rings. The number of hydrogen-bond donors (Lipinski definition) is 3. The highest BCUT2D eigenvalue weighted by molar-refractivity contribution is 6.18. The van der Waals surface area contributed by atoms with Crippen LogP contribution in [-0.4, -0.2) is 33.6 Å². The summed E-state index contributed by atoms with van der Waals surface area (Å²) in [7, 11) is 0. The van der Waals surface area contributed by atoms with Gasteiger partial charge in [-0.1, -0.05) is 0 Å². The molecule has 0 bridgehead atoms. The Hall–Kier alpha value is -1.26. The summed E-state index contributed by atoms with van der Waals surface area (Å²) >= 11 is 5.49. The van der Waals surface area contributed by atoms with Gasteiger partial charge in [0.1, 0.15) is 0 Å². The van der Waals surface area contributed by atoms with Crippen molar-refractivity contribution in [3.8, 4) is 0 Å². The number of benzene rings is 1. The fourth-order valence-electron chi connectivity index (χ4n) is 1.34. The maximum atomic E-state index is 9.28. The Kier molecular flexibility index (Phi) is 3.08. The molecule has 80 valence electrons. The number of halogens is 1. The number of imidazole rings is 1. The Morgan fingerprint density at radius 3 is 3.20 bits per heavy atom. The van der Waals surface area contributed by atoms with Gasteiger partial charge in [0.15, 0.2) is 0 Å². The van der Waals surface area contributed by atoms with E-state index in [1.807, 2.05) is 18.2 Å². The van der Waals surface area contributed by atoms with Gasteiger partial charge in [0.05, 0.1) is 29.3 Å². The van der Waals surface area contributed by atoms with Gasteiger partial charge in [-0.3, -0.25) is 0 Å². The van der Waals surface area contributed by atoms with Crippen molar-refractivity contribution in [3.63, 3.8) is 0 Å². The number of fused-ring (bicyclic) bond motifs is 1. The van der Waals surface area contributed by atoms with Crippen LogP contribution in [0.4, 0.5) is 5.69 Å². The lowest BCUT2D eigenvalue weighted by Gasteiger charge is -2.09. The van der Waals surface area contributed by atoms with Gasteiger partial charge in [-0.05, 0) is 18.2 Å². The zero-order valence-corrected chi connectivity index (χ0v) is 8.83. The van der Waals surface area contributed by atoms with E-state index in [0.717, 1.165) is 16.7 Å². The van der Waals surface area contributed by atoms with Gasteiger partial charge in [-0.2, -0.15) is 0 Å². The van der Waals surface area contributed by atoms with Crippen molar-refractivity contribution in [3.05, 3.63) is 24.5 Å². The van der Waals surface area contributed by atoms with E-state index in [0.29, 0.717) is 6.54 Å². The van der Waals surface area contributed by atoms with Gasteiger partial charge < -0.3 is 15.4 Å². The van der Waals surface area contributed by atoms with Crippen molar-refractivity contribution >= 4 is 28.3 Å². The van der Waals surface area contributed by atoms with Crippen LogP contribution in [0, 0.1) is 0 Å². The molecule has 0 amide bonds. The second kappa shape index (κ2) is 4.51. The molecular weight excluding hydrogens is 214 g/mol. The Morgan fingerprint density at radius 1 is 1.53 bits per heavy atom. The van der Waals surface area contributed by atoms with Crippen molar-refractivity contribution in [2.45, 2.75) is 6.10 Å². The van der Waals surface area contributed by atoms with Crippen LogP contribution in [0.2, 0.25) is 0 Å². The SMILES string of the molecule is OC(CCl)CNc1ccc2nc[nH]c2c1. The number of aromatic nitrogens is 2. The third-order valence-corrected chi connectivity index (χ3v) is 2.50. The highest BCUT2D eigenvalue weighted by atomic mass is 35.5. The Labute approximate surface area is 92.3 Å². The summed E-state index contributed by atoms with van der Waals surface area (Å²) in [6.07, 6.45) is 1.13. The number of nitrogens with zero attached hydrogens (tertiary/aromatic N) is 1. The van der Waals surface area contributed by atoms with Gasteiger partial charge in [0.2, 0.25) is 0 Å². The maximum Gasteiger partial charge on any atom is 0.0931 e. The minimum atomic E-state index is -0.524. The summed E-state index contributed by atoms with van der Waals surface area (Å²) in [4.78, 5) is 7.14. The van der Waals surface area contributed by atoms with E-state index in [1.165, 1.54) is 0 Å². The van der Waals surface area contributed by atoms with Gasteiger partial charge in [0, 0.05) is 12.2 Å². The summed E-state index contributed by atoms with van der Waals surface area (Å²) in [6, 6.07) is 5.79. The third kappa shape index (κ3) is 2.40.